The second-order valence-corrected chi connectivity index (χ2v) is 8.21. The first-order valence-corrected chi connectivity index (χ1v) is 11.4. The molecule has 7 nitrogen and oxygen atoms in total. The van der Waals surface area contributed by atoms with Crippen molar-refractivity contribution in [1.82, 2.24) is 20.9 Å². The predicted octanol–water partition coefficient (Wildman–Crippen LogP) is 2.89. The first-order valence-electron chi connectivity index (χ1n) is 11.4. The Bertz CT molecular complexity index is 701. The third-order valence-electron chi connectivity index (χ3n) is 6.04. The monoisotopic (exact) mass is 543 g/mol. The fourth-order valence-electron chi connectivity index (χ4n) is 4.39. The van der Waals surface area contributed by atoms with Crippen LogP contribution in [0.25, 0.3) is 0 Å². The Morgan fingerprint density at radius 1 is 1.16 bits per heavy atom. The highest BCUT2D eigenvalue weighted by Crippen LogP contribution is 2.26. The third kappa shape index (κ3) is 8.48. The van der Waals surface area contributed by atoms with Gasteiger partial charge in [0.1, 0.15) is 5.75 Å². The fraction of sp³-hybridized carbons (Fsp3) is 0.652. The van der Waals surface area contributed by atoms with E-state index in [9.17, 15) is 4.79 Å². The summed E-state index contributed by atoms with van der Waals surface area (Å²) in [5, 5.41) is 9.72. The number of halogens is 1. The standard InChI is InChI=1S/C23H37N5O2.HI/c1-3-25-22(29)17-30-21-10-6-7-18(15-21)16-26-23(24-2)27-19-11-13-28(14-12-19)20-8-4-5-9-20;/h6-7,10,15,19-20H,3-5,8-9,11-14,16-17H2,1-2H3,(H,25,29)(H2,24,26,27);1H. The number of guanidine groups is 1. The summed E-state index contributed by atoms with van der Waals surface area (Å²) in [5.41, 5.74) is 1.09. The summed E-state index contributed by atoms with van der Waals surface area (Å²) in [6, 6.07) is 9.11. The normalized spacial score (nSPS) is 18.3. The maximum atomic E-state index is 11.6. The van der Waals surface area contributed by atoms with Crippen molar-refractivity contribution in [2.45, 2.75) is 64.1 Å². The van der Waals surface area contributed by atoms with Crippen LogP contribution in [0.1, 0.15) is 51.0 Å². The summed E-state index contributed by atoms with van der Waals surface area (Å²) in [5.74, 6) is 1.43. The van der Waals surface area contributed by atoms with Crippen LogP contribution in [-0.4, -0.2) is 62.1 Å². The van der Waals surface area contributed by atoms with Gasteiger partial charge in [-0.05, 0) is 50.3 Å². The quantitative estimate of drug-likeness (QED) is 0.267. The van der Waals surface area contributed by atoms with E-state index in [1.54, 1.807) is 0 Å². The van der Waals surface area contributed by atoms with Crippen molar-refractivity contribution in [2.75, 3.05) is 33.3 Å². The average Bonchev–Trinajstić information content (AvgIpc) is 3.31. The summed E-state index contributed by atoms with van der Waals surface area (Å²) in [4.78, 5) is 18.6. The molecular formula is C23H38IN5O2. The molecule has 3 N–H and O–H groups in total. The number of hydrogen-bond donors (Lipinski definition) is 3. The molecule has 0 bridgehead atoms. The number of likely N-dealkylation sites (N-methyl/N-ethyl adjacent to an activating group) is 1. The van der Waals surface area contributed by atoms with Gasteiger partial charge in [-0.25, -0.2) is 0 Å². The SMILES string of the molecule is CCNC(=O)COc1cccc(CNC(=NC)NC2CCN(C3CCCC3)CC2)c1.I. The van der Waals surface area contributed by atoms with Gasteiger partial charge in [-0.1, -0.05) is 25.0 Å². The minimum atomic E-state index is -0.107. The van der Waals surface area contributed by atoms with E-state index in [2.05, 4.69) is 25.8 Å². The summed E-state index contributed by atoms with van der Waals surface area (Å²) in [7, 11) is 1.81. The van der Waals surface area contributed by atoms with E-state index in [-0.39, 0.29) is 36.5 Å². The molecule has 1 heterocycles. The molecule has 2 fully saturated rings. The highest BCUT2D eigenvalue weighted by atomic mass is 127. The summed E-state index contributed by atoms with van der Waals surface area (Å²) < 4.78 is 5.58. The zero-order valence-electron chi connectivity index (χ0n) is 18.9. The number of aliphatic imine (C=N–C) groups is 1. The summed E-state index contributed by atoms with van der Waals surface area (Å²) in [6.07, 6.45) is 7.90. The van der Waals surface area contributed by atoms with Crippen LogP contribution in [0, 0.1) is 0 Å². The van der Waals surface area contributed by atoms with Crippen LogP contribution in [0.5, 0.6) is 5.75 Å². The molecule has 2 aliphatic rings. The first kappa shape index (κ1) is 25.7. The number of benzene rings is 1. The Labute approximate surface area is 203 Å². The highest BCUT2D eigenvalue weighted by Gasteiger charge is 2.27. The number of ether oxygens (including phenoxy) is 1. The summed E-state index contributed by atoms with van der Waals surface area (Å²) >= 11 is 0. The van der Waals surface area contributed by atoms with Crippen LogP contribution >= 0.6 is 24.0 Å². The van der Waals surface area contributed by atoms with Crippen LogP contribution < -0.4 is 20.7 Å². The minimum absolute atomic E-state index is 0. The van der Waals surface area contributed by atoms with Crippen molar-refractivity contribution in [3.63, 3.8) is 0 Å². The molecule has 1 aromatic rings. The van der Waals surface area contributed by atoms with Crippen molar-refractivity contribution >= 4 is 35.8 Å². The molecule has 0 spiro atoms. The summed E-state index contributed by atoms with van der Waals surface area (Å²) in [6.45, 7) is 5.56. The van der Waals surface area contributed by atoms with E-state index in [1.165, 1.54) is 51.6 Å². The van der Waals surface area contributed by atoms with Crippen LogP contribution in [-0.2, 0) is 11.3 Å². The first-order chi connectivity index (χ1) is 14.7. The number of nitrogens with zero attached hydrogens (tertiary/aromatic N) is 2. The number of carbonyl (C=O) groups excluding carboxylic acids is 1. The van der Waals surface area contributed by atoms with Gasteiger partial charge in [0.25, 0.3) is 5.91 Å². The number of hydrogen-bond acceptors (Lipinski definition) is 4. The van der Waals surface area contributed by atoms with Crippen molar-refractivity contribution in [3.05, 3.63) is 29.8 Å². The van der Waals surface area contributed by atoms with E-state index in [1.807, 2.05) is 38.2 Å². The molecule has 1 saturated carbocycles. The molecule has 0 radical (unpaired) electrons. The maximum absolute atomic E-state index is 11.6. The molecular weight excluding hydrogens is 505 g/mol. The number of likely N-dealkylation sites (tertiary alicyclic amines) is 1. The zero-order chi connectivity index (χ0) is 21.2. The van der Waals surface area contributed by atoms with E-state index >= 15 is 0 Å². The van der Waals surface area contributed by atoms with Crippen LogP contribution in [0.2, 0.25) is 0 Å². The molecule has 1 aliphatic heterocycles. The lowest BCUT2D eigenvalue weighted by molar-refractivity contribution is -0.122. The second kappa shape index (κ2) is 13.8. The van der Waals surface area contributed by atoms with Crippen molar-refractivity contribution in [2.24, 2.45) is 4.99 Å². The Hall–Kier alpha value is -1.55. The Kier molecular flexibility index (Phi) is 11.4. The van der Waals surface area contributed by atoms with Gasteiger partial charge < -0.3 is 25.6 Å². The largest absolute Gasteiger partial charge is 0.484 e. The molecule has 1 saturated heterocycles. The molecule has 3 rings (SSSR count). The number of nitrogens with one attached hydrogen (secondary N) is 3. The smallest absolute Gasteiger partial charge is 0.257 e. The second-order valence-electron chi connectivity index (χ2n) is 8.21. The molecule has 0 unspecified atom stereocenters. The van der Waals surface area contributed by atoms with Crippen LogP contribution in [0.15, 0.2) is 29.3 Å². The molecule has 1 amide bonds. The number of rotatable bonds is 8. The number of carbonyl (C=O) groups is 1. The molecule has 8 heteroatoms. The predicted molar refractivity (Wildman–Crippen MR) is 136 cm³/mol. The topological polar surface area (TPSA) is 78.0 Å². The lowest BCUT2D eigenvalue weighted by Gasteiger charge is -2.36. The van der Waals surface area contributed by atoms with Gasteiger partial charge >= 0.3 is 0 Å². The van der Waals surface area contributed by atoms with Crippen molar-refractivity contribution in [1.29, 1.82) is 0 Å². The fourth-order valence-corrected chi connectivity index (χ4v) is 4.39. The Morgan fingerprint density at radius 2 is 1.90 bits per heavy atom. The minimum Gasteiger partial charge on any atom is -0.484 e. The molecule has 0 aromatic heterocycles. The van der Waals surface area contributed by atoms with Gasteiger partial charge in [0.2, 0.25) is 0 Å². The lowest BCUT2D eigenvalue weighted by atomic mass is 10.0. The molecule has 174 valence electrons. The van der Waals surface area contributed by atoms with Gasteiger partial charge in [-0.15, -0.1) is 24.0 Å². The van der Waals surface area contributed by atoms with Crippen molar-refractivity contribution < 1.29 is 9.53 Å². The Morgan fingerprint density at radius 3 is 2.58 bits per heavy atom. The van der Waals surface area contributed by atoms with Gasteiger partial charge in [-0.3, -0.25) is 9.79 Å². The van der Waals surface area contributed by atoms with E-state index in [0.29, 0.717) is 24.9 Å². The Balaban J connectivity index is 0.00000341. The molecule has 1 aliphatic carbocycles. The van der Waals surface area contributed by atoms with Gasteiger partial charge in [0.15, 0.2) is 12.6 Å². The van der Waals surface area contributed by atoms with E-state index < -0.39 is 0 Å². The van der Waals surface area contributed by atoms with Crippen molar-refractivity contribution in [3.8, 4) is 5.75 Å². The van der Waals surface area contributed by atoms with Gasteiger partial charge in [0.05, 0.1) is 0 Å². The molecule has 31 heavy (non-hydrogen) atoms. The van der Waals surface area contributed by atoms with Crippen LogP contribution in [0.4, 0.5) is 0 Å². The van der Waals surface area contributed by atoms with E-state index in [4.69, 9.17) is 4.74 Å². The maximum Gasteiger partial charge on any atom is 0.257 e. The number of piperidine rings is 1. The molecule has 0 atom stereocenters. The third-order valence-corrected chi connectivity index (χ3v) is 6.04. The lowest BCUT2D eigenvalue weighted by Crippen LogP contribution is -2.50. The van der Waals surface area contributed by atoms with E-state index in [0.717, 1.165) is 17.6 Å². The highest BCUT2D eigenvalue weighted by molar-refractivity contribution is 14.0. The van der Waals surface area contributed by atoms with Gasteiger partial charge in [-0.2, -0.15) is 0 Å². The van der Waals surface area contributed by atoms with Gasteiger partial charge in [0, 0.05) is 45.3 Å². The zero-order valence-corrected chi connectivity index (χ0v) is 21.2. The number of amides is 1. The van der Waals surface area contributed by atoms with Crippen LogP contribution in [0.3, 0.4) is 0 Å². The molecule has 1 aromatic carbocycles. The average molecular weight is 543 g/mol.